The van der Waals surface area contributed by atoms with Gasteiger partial charge in [0.15, 0.2) is 0 Å². The first-order valence-corrected chi connectivity index (χ1v) is 13.1. The molecule has 0 aliphatic carbocycles. The number of rotatable bonds is 15. The summed E-state index contributed by atoms with van der Waals surface area (Å²) in [7, 11) is 0. The van der Waals surface area contributed by atoms with Crippen LogP contribution in [0.3, 0.4) is 0 Å². The Hall–Kier alpha value is -3.93. The zero-order valence-electron chi connectivity index (χ0n) is 22.7. The minimum absolute atomic E-state index is 0.239. The summed E-state index contributed by atoms with van der Waals surface area (Å²) < 4.78 is 0. The Morgan fingerprint density at radius 2 is 1.41 bits per heavy atom. The van der Waals surface area contributed by atoms with Gasteiger partial charge in [0.25, 0.3) is 0 Å². The molecule has 6 atom stereocenters. The Bertz CT molecular complexity index is 1180. The Labute approximate surface area is 227 Å². The molecule has 0 spiro atoms. The molecule has 2 aromatic rings. The molecular weight excluding hydrogens is 506 g/mol. The molecule has 0 bridgehead atoms. The highest BCUT2D eigenvalue weighted by atomic mass is 16.4. The molecule has 3 amide bonds. The summed E-state index contributed by atoms with van der Waals surface area (Å²) in [6.45, 7) is 7.12. The summed E-state index contributed by atoms with van der Waals surface area (Å²) in [5.74, 6) is -5.60. The van der Waals surface area contributed by atoms with Crippen LogP contribution >= 0.6 is 0 Å². The van der Waals surface area contributed by atoms with E-state index in [0.29, 0.717) is 12.8 Å². The van der Waals surface area contributed by atoms with Gasteiger partial charge in [-0.3, -0.25) is 19.2 Å². The summed E-state index contributed by atoms with van der Waals surface area (Å²) in [6, 6.07) is 2.86. The molecule has 0 aliphatic rings. The summed E-state index contributed by atoms with van der Waals surface area (Å²) in [4.78, 5) is 65.0. The van der Waals surface area contributed by atoms with Crippen LogP contribution in [0.15, 0.2) is 30.5 Å². The van der Waals surface area contributed by atoms with E-state index in [4.69, 9.17) is 10.8 Å². The average molecular weight is 546 g/mol. The fourth-order valence-corrected chi connectivity index (χ4v) is 4.17. The molecule has 0 saturated carbocycles. The maximum atomic E-state index is 13.4. The van der Waals surface area contributed by atoms with Gasteiger partial charge in [-0.25, -0.2) is 4.79 Å². The summed E-state index contributed by atoms with van der Waals surface area (Å²) >= 11 is 0. The van der Waals surface area contributed by atoms with Crippen molar-refractivity contribution in [3.05, 3.63) is 36.0 Å². The lowest BCUT2D eigenvalue weighted by Gasteiger charge is -2.30. The smallest absolute Gasteiger partial charge is 0.326 e. The molecular formula is C27H39N5O7. The lowest BCUT2D eigenvalue weighted by molar-refractivity contribution is -0.147. The maximum absolute atomic E-state index is 13.4. The van der Waals surface area contributed by atoms with Gasteiger partial charge < -0.3 is 36.9 Å². The largest absolute Gasteiger partial charge is 0.481 e. The third-order valence-corrected chi connectivity index (χ3v) is 7.03. The van der Waals surface area contributed by atoms with Gasteiger partial charge in [0.1, 0.15) is 18.1 Å². The predicted molar refractivity (Wildman–Crippen MR) is 145 cm³/mol. The molecule has 8 N–H and O–H groups in total. The molecule has 6 unspecified atom stereocenters. The molecule has 0 fully saturated rings. The van der Waals surface area contributed by atoms with E-state index in [-0.39, 0.29) is 12.3 Å². The normalized spacial score (nSPS) is 15.8. The van der Waals surface area contributed by atoms with E-state index in [1.807, 2.05) is 31.2 Å². The number of carbonyl (C=O) groups excluding carboxylic acids is 3. The van der Waals surface area contributed by atoms with Crippen molar-refractivity contribution in [2.24, 2.45) is 17.6 Å². The van der Waals surface area contributed by atoms with Gasteiger partial charge in [-0.2, -0.15) is 0 Å². The van der Waals surface area contributed by atoms with Crippen molar-refractivity contribution in [3.63, 3.8) is 0 Å². The second kappa shape index (κ2) is 14.3. The first kappa shape index (κ1) is 31.3. The molecule has 1 aromatic carbocycles. The van der Waals surface area contributed by atoms with Crippen LogP contribution in [-0.2, 0) is 30.4 Å². The van der Waals surface area contributed by atoms with Gasteiger partial charge in [-0.15, -0.1) is 0 Å². The van der Waals surface area contributed by atoms with Gasteiger partial charge >= 0.3 is 11.9 Å². The van der Waals surface area contributed by atoms with E-state index in [0.717, 1.165) is 16.5 Å². The van der Waals surface area contributed by atoms with Gasteiger partial charge in [0.05, 0.1) is 12.5 Å². The molecule has 0 aliphatic heterocycles. The Morgan fingerprint density at radius 3 is 1.95 bits per heavy atom. The van der Waals surface area contributed by atoms with Gasteiger partial charge in [-0.1, -0.05) is 58.7 Å². The van der Waals surface area contributed by atoms with Crippen LogP contribution in [0.5, 0.6) is 0 Å². The maximum Gasteiger partial charge on any atom is 0.326 e. The fourth-order valence-electron chi connectivity index (χ4n) is 4.17. The third kappa shape index (κ3) is 8.54. The van der Waals surface area contributed by atoms with Crippen LogP contribution in [0.4, 0.5) is 0 Å². The zero-order chi connectivity index (χ0) is 29.3. The first-order valence-electron chi connectivity index (χ1n) is 13.1. The Balaban J connectivity index is 2.17. The van der Waals surface area contributed by atoms with Crippen molar-refractivity contribution < 1.29 is 34.2 Å². The molecule has 1 aromatic heterocycles. The van der Waals surface area contributed by atoms with Crippen LogP contribution in [0.1, 0.15) is 52.5 Å². The molecule has 1 heterocycles. The van der Waals surface area contributed by atoms with E-state index < -0.39 is 66.2 Å². The van der Waals surface area contributed by atoms with Crippen molar-refractivity contribution in [2.45, 2.75) is 77.5 Å². The quantitative estimate of drug-likeness (QED) is 0.172. The number of aliphatic carboxylic acids is 2. The molecule has 2 rings (SSSR count). The standard InChI is InChI=1S/C27H39N5O7/c1-5-14(3)22(25(36)30-20(27(38)39)12-21(33)34)32-26(37)23(15(4)6-2)31-24(35)18(28)11-16-13-29-19-10-8-7-9-17(16)19/h7-10,13-15,18,20,22-23,29H,5-6,11-12,28H2,1-4H3,(H,30,36)(H,31,35)(H,32,37)(H,33,34)(H,38,39). The monoisotopic (exact) mass is 545 g/mol. The number of carbonyl (C=O) groups is 5. The number of fused-ring (bicyclic) bond motifs is 1. The van der Waals surface area contributed by atoms with Crippen molar-refractivity contribution in [1.82, 2.24) is 20.9 Å². The van der Waals surface area contributed by atoms with Crippen LogP contribution in [0.2, 0.25) is 0 Å². The Morgan fingerprint density at radius 1 is 0.872 bits per heavy atom. The number of hydrogen-bond acceptors (Lipinski definition) is 6. The van der Waals surface area contributed by atoms with Gasteiger partial charge in [0, 0.05) is 17.1 Å². The highest BCUT2D eigenvalue weighted by Gasteiger charge is 2.35. The second-order valence-corrected chi connectivity index (χ2v) is 9.91. The van der Waals surface area contributed by atoms with Crippen molar-refractivity contribution in [3.8, 4) is 0 Å². The molecule has 0 saturated heterocycles. The summed E-state index contributed by atoms with van der Waals surface area (Å²) in [5.41, 5.74) is 7.98. The van der Waals surface area contributed by atoms with E-state index in [1.54, 1.807) is 27.0 Å². The molecule has 12 heteroatoms. The van der Waals surface area contributed by atoms with E-state index in [2.05, 4.69) is 20.9 Å². The minimum atomic E-state index is -1.66. The van der Waals surface area contributed by atoms with E-state index >= 15 is 0 Å². The number of amides is 3. The Kier molecular flexibility index (Phi) is 11.5. The molecule has 12 nitrogen and oxygen atoms in total. The summed E-state index contributed by atoms with van der Waals surface area (Å²) in [5, 5.41) is 26.8. The van der Waals surface area contributed by atoms with E-state index in [1.165, 1.54) is 0 Å². The number of nitrogens with two attached hydrogens (primary N) is 1. The number of aromatic nitrogens is 1. The van der Waals surface area contributed by atoms with Gasteiger partial charge in [-0.05, 0) is 29.9 Å². The highest BCUT2D eigenvalue weighted by molar-refractivity contribution is 5.95. The van der Waals surface area contributed by atoms with Crippen molar-refractivity contribution in [1.29, 1.82) is 0 Å². The van der Waals surface area contributed by atoms with Gasteiger partial charge in [0.2, 0.25) is 17.7 Å². The molecule has 39 heavy (non-hydrogen) atoms. The number of nitrogens with one attached hydrogen (secondary N) is 4. The lowest BCUT2D eigenvalue weighted by atomic mass is 9.94. The average Bonchev–Trinajstić information content (AvgIpc) is 3.30. The number of para-hydroxylation sites is 1. The zero-order valence-corrected chi connectivity index (χ0v) is 22.7. The third-order valence-electron chi connectivity index (χ3n) is 7.03. The molecule has 214 valence electrons. The SMILES string of the molecule is CCC(C)C(NC(=O)C(N)Cc1c[nH]c2ccccc12)C(=O)NC(C(=O)NC(CC(=O)O)C(=O)O)C(C)CC. The number of H-pyrrole nitrogens is 1. The predicted octanol–water partition coefficient (Wildman–Crippen LogP) is 1.14. The van der Waals surface area contributed by atoms with Crippen LogP contribution < -0.4 is 21.7 Å². The fraction of sp³-hybridized carbons (Fsp3) is 0.519. The number of aromatic amines is 1. The second-order valence-electron chi connectivity index (χ2n) is 9.91. The number of benzene rings is 1. The van der Waals surface area contributed by atoms with Crippen molar-refractivity contribution >= 4 is 40.6 Å². The van der Waals surface area contributed by atoms with Crippen LogP contribution in [0.25, 0.3) is 10.9 Å². The number of carboxylic acid groups (broad SMARTS) is 2. The number of carboxylic acids is 2. The minimum Gasteiger partial charge on any atom is -0.481 e. The number of hydrogen-bond donors (Lipinski definition) is 7. The lowest BCUT2D eigenvalue weighted by Crippen LogP contribution is -2.60. The van der Waals surface area contributed by atoms with Crippen LogP contribution in [-0.4, -0.2) is 69.0 Å². The first-order chi connectivity index (χ1) is 18.4. The summed E-state index contributed by atoms with van der Waals surface area (Å²) in [6.07, 6.45) is 2.21. The molecule has 0 radical (unpaired) electrons. The topological polar surface area (TPSA) is 204 Å². The van der Waals surface area contributed by atoms with Crippen molar-refractivity contribution in [2.75, 3.05) is 0 Å². The van der Waals surface area contributed by atoms with E-state index in [9.17, 15) is 29.1 Å². The van der Waals surface area contributed by atoms with Crippen LogP contribution in [0, 0.1) is 11.8 Å². The highest BCUT2D eigenvalue weighted by Crippen LogP contribution is 2.19.